The summed E-state index contributed by atoms with van der Waals surface area (Å²) in [5, 5.41) is 18.7. The van der Waals surface area contributed by atoms with Crippen LogP contribution in [0.3, 0.4) is 0 Å². The van der Waals surface area contributed by atoms with Gasteiger partial charge in [-0.2, -0.15) is 0 Å². The fraction of sp³-hybridized carbons (Fsp3) is 0.333. The van der Waals surface area contributed by atoms with Gasteiger partial charge in [0.2, 0.25) is 0 Å². The Hall–Kier alpha value is -1.56. The molecule has 18 heavy (non-hydrogen) atoms. The highest BCUT2D eigenvalue weighted by atomic mass is 79.9. The number of aliphatic carboxylic acids is 1. The summed E-state index contributed by atoms with van der Waals surface area (Å²) in [4.78, 5) is 24.3. The summed E-state index contributed by atoms with van der Waals surface area (Å²) in [5.74, 6) is -1.86. The lowest BCUT2D eigenvalue weighted by molar-refractivity contribution is -0.147. The summed E-state index contributed by atoms with van der Waals surface area (Å²) >= 11 is 3.17. The molecule has 0 spiro atoms. The Morgan fingerprint density at radius 3 is 2.33 bits per heavy atom. The number of carboxylic acid groups (broad SMARTS) is 1. The topological polar surface area (TPSA) is 77.8 Å². The van der Waals surface area contributed by atoms with Gasteiger partial charge in [-0.15, -0.1) is 0 Å². The maximum atomic E-state index is 12.1. The third-order valence-corrected chi connectivity index (χ3v) is 3.35. The minimum Gasteiger partial charge on any atom is -0.507 e. The zero-order valence-electron chi connectivity index (χ0n) is 10.3. The molecule has 1 aromatic rings. The number of carbonyl (C=O) groups excluding carboxylic acids is 1. The SMILES string of the molecule is CN(C(=O)c1ccc(Br)cc1O)C(C)(C)C(=O)O. The molecular weight excluding hydrogens is 302 g/mol. The van der Waals surface area contributed by atoms with Crippen molar-refractivity contribution in [2.24, 2.45) is 0 Å². The average Bonchev–Trinajstić information content (AvgIpc) is 2.26. The number of hydrogen-bond donors (Lipinski definition) is 2. The zero-order valence-corrected chi connectivity index (χ0v) is 11.9. The molecule has 0 aliphatic rings. The number of likely N-dealkylation sites (N-methyl/N-ethyl adjacent to an activating group) is 1. The highest BCUT2D eigenvalue weighted by Gasteiger charge is 2.36. The summed E-state index contributed by atoms with van der Waals surface area (Å²) in [6.07, 6.45) is 0. The first-order chi connectivity index (χ1) is 8.17. The van der Waals surface area contributed by atoms with Crippen LogP contribution in [-0.4, -0.2) is 39.6 Å². The molecule has 0 aromatic heterocycles. The average molecular weight is 316 g/mol. The van der Waals surface area contributed by atoms with Gasteiger partial charge < -0.3 is 15.1 Å². The number of nitrogens with zero attached hydrogens (tertiary/aromatic N) is 1. The molecule has 6 heteroatoms. The smallest absolute Gasteiger partial charge is 0.329 e. The van der Waals surface area contributed by atoms with Crippen molar-refractivity contribution < 1.29 is 19.8 Å². The Labute approximate surface area is 113 Å². The number of aromatic hydroxyl groups is 1. The Kier molecular flexibility index (Phi) is 4.01. The van der Waals surface area contributed by atoms with E-state index < -0.39 is 17.4 Å². The van der Waals surface area contributed by atoms with Gasteiger partial charge >= 0.3 is 5.97 Å². The molecule has 0 bridgehead atoms. The van der Waals surface area contributed by atoms with E-state index >= 15 is 0 Å². The molecule has 0 heterocycles. The number of amides is 1. The number of phenolic OH excluding ortho intramolecular Hbond substituents is 1. The van der Waals surface area contributed by atoms with E-state index in [2.05, 4.69) is 15.9 Å². The Bertz CT molecular complexity index is 499. The summed E-state index contributed by atoms with van der Waals surface area (Å²) < 4.78 is 0.636. The summed E-state index contributed by atoms with van der Waals surface area (Å²) in [5.41, 5.74) is -1.29. The lowest BCUT2D eigenvalue weighted by Crippen LogP contribution is -2.50. The first-order valence-corrected chi connectivity index (χ1v) is 5.97. The van der Waals surface area contributed by atoms with E-state index in [0.29, 0.717) is 4.47 Å². The number of benzene rings is 1. The van der Waals surface area contributed by atoms with Crippen LogP contribution in [0.2, 0.25) is 0 Å². The van der Waals surface area contributed by atoms with E-state index in [-0.39, 0.29) is 11.3 Å². The second-order valence-corrected chi connectivity index (χ2v) is 5.31. The number of phenols is 1. The lowest BCUT2D eigenvalue weighted by Gasteiger charge is -2.31. The van der Waals surface area contributed by atoms with E-state index in [9.17, 15) is 14.7 Å². The summed E-state index contributed by atoms with van der Waals surface area (Å²) in [6.45, 7) is 2.84. The monoisotopic (exact) mass is 315 g/mol. The highest BCUT2D eigenvalue weighted by molar-refractivity contribution is 9.10. The first kappa shape index (κ1) is 14.5. The number of halogens is 1. The molecule has 2 N–H and O–H groups in total. The zero-order chi connectivity index (χ0) is 14.1. The van der Waals surface area contributed by atoms with Gasteiger partial charge in [0.05, 0.1) is 5.56 Å². The van der Waals surface area contributed by atoms with Crippen LogP contribution in [0.5, 0.6) is 5.75 Å². The van der Waals surface area contributed by atoms with Crippen LogP contribution in [0.4, 0.5) is 0 Å². The van der Waals surface area contributed by atoms with Crippen molar-refractivity contribution in [2.75, 3.05) is 7.05 Å². The van der Waals surface area contributed by atoms with Gasteiger partial charge in [0.25, 0.3) is 5.91 Å². The first-order valence-electron chi connectivity index (χ1n) is 5.18. The van der Waals surface area contributed by atoms with Crippen molar-refractivity contribution in [2.45, 2.75) is 19.4 Å². The van der Waals surface area contributed by atoms with Crippen molar-refractivity contribution in [1.29, 1.82) is 0 Å². The molecule has 1 aromatic carbocycles. The van der Waals surface area contributed by atoms with Crippen LogP contribution in [0, 0.1) is 0 Å². The molecule has 1 rings (SSSR count). The fourth-order valence-corrected chi connectivity index (χ4v) is 1.61. The largest absolute Gasteiger partial charge is 0.507 e. The van der Waals surface area contributed by atoms with E-state index in [1.807, 2.05) is 0 Å². The number of carbonyl (C=O) groups is 2. The van der Waals surface area contributed by atoms with Crippen molar-refractivity contribution in [3.63, 3.8) is 0 Å². The summed E-state index contributed by atoms with van der Waals surface area (Å²) in [7, 11) is 1.39. The number of hydrogen-bond acceptors (Lipinski definition) is 3. The maximum Gasteiger partial charge on any atom is 0.329 e. The summed E-state index contributed by atoms with van der Waals surface area (Å²) in [6, 6.07) is 4.43. The van der Waals surface area contributed by atoms with Crippen LogP contribution in [0.15, 0.2) is 22.7 Å². The molecule has 0 fully saturated rings. The van der Waals surface area contributed by atoms with E-state index in [1.165, 1.54) is 33.0 Å². The van der Waals surface area contributed by atoms with Crippen LogP contribution < -0.4 is 0 Å². The van der Waals surface area contributed by atoms with E-state index in [1.54, 1.807) is 6.07 Å². The van der Waals surface area contributed by atoms with E-state index in [0.717, 1.165) is 4.90 Å². The van der Waals surface area contributed by atoms with Gasteiger partial charge in [0.1, 0.15) is 11.3 Å². The standard InChI is InChI=1S/C12H14BrNO4/c1-12(2,11(17)18)14(3)10(16)8-5-4-7(13)6-9(8)15/h4-6,15H,1-3H3,(H,17,18). The van der Waals surface area contributed by atoms with Crippen LogP contribution >= 0.6 is 15.9 Å². The van der Waals surface area contributed by atoms with Crippen molar-refractivity contribution in [1.82, 2.24) is 4.90 Å². The second-order valence-electron chi connectivity index (χ2n) is 4.39. The molecule has 0 radical (unpaired) electrons. The minimum atomic E-state index is -1.35. The fourth-order valence-electron chi connectivity index (χ4n) is 1.26. The minimum absolute atomic E-state index is 0.0648. The van der Waals surface area contributed by atoms with Gasteiger partial charge in [-0.3, -0.25) is 4.79 Å². The molecule has 0 saturated carbocycles. The molecule has 0 aliphatic heterocycles. The third-order valence-electron chi connectivity index (χ3n) is 2.86. The van der Waals surface area contributed by atoms with Gasteiger partial charge in [0.15, 0.2) is 0 Å². The number of carboxylic acids is 1. The van der Waals surface area contributed by atoms with Crippen molar-refractivity contribution in [3.05, 3.63) is 28.2 Å². The molecule has 98 valence electrons. The molecular formula is C12H14BrNO4. The van der Waals surface area contributed by atoms with Crippen molar-refractivity contribution >= 4 is 27.8 Å². The molecule has 0 atom stereocenters. The quantitative estimate of drug-likeness (QED) is 0.895. The predicted octanol–water partition coefficient (Wildman–Crippen LogP) is 2.09. The Morgan fingerprint density at radius 2 is 1.89 bits per heavy atom. The van der Waals surface area contributed by atoms with Crippen molar-refractivity contribution in [3.8, 4) is 5.75 Å². The highest BCUT2D eigenvalue weighted by Crippen LogP contribution is 2.25. The number of rotatable bonds is 3. The maximum absolute atomic E-state index is 12.1. The third kappa shape index (κ3) is 2.64. The second kappa shape index (κ2) is 4.97. The van der Waals surface area contributed by atoms with Gasteiger partial charge in [-0.1, -0.05) is 15.9 Å². The molecule has 5 nitrogen and oxygen atoms in total. The van der Waals surface area contributed by atoms with Crippen LogP contribution in [0.25, 0.3) is 0 Å². The lowest BCUT2D eigenvalue weighted by atomic mass is 10.0. The molecule has 0 aliphatic carbocycles. The Balaban J connectivity index is 3.11. The predicted molar refractivity (Wildman–Crippen MR) is 69.6 cm³/mol. The van der Waals surface area contributed by atoms with E-state index in [4.69, 9.17) is 5.11 Å². The molecule has 0 unspecified atom stereocenters. The molecule has 1 amide bonds. The Morgan fingerprint density at radius 1 is 1.33 bits per heavy atom. The van der Waals surface area contributed by atoms with Gasteiger partial charge in [0, 0.05) is 11.5 Å². The van der Waals surface area contributed by atoms with Gasteiger partial charge in [-0.25, -0.2) is 4.79 Å². The van der Waals surface area contributed by atoms with Crippen LogP contribution in [0.1, 0.15) is 24.2 Å². The molecule has 0 saturated heterocycles. The van der Waals surface area contributed by atoms with Crippen LogP contribution in [-0.2, 0) is 4.79 Å². The normalized spacial score (nSPS) is 11.1. The van der Waals surface area contributed by atoms with Gasteiger partial charge in [-0.05, 0) is 32.0 Å².